The minimum atomic E-state index is -0.524. The lowest BCUT2D eigenvalue weighted by atomic mass is 10.0. The summed E-state index contributed by atoms with van der Waals surface area (Å²) in [5.41, 5.74) is 1.22. The Labute approximate surface area is 255 Å². The zero-order valence-electron chi connectivity index (χ0n) is 24.8. The second-order valence-corrected chi connectivity index (χ2v) is 11.1. The molecule has 0 radical (unpaired) electrons. The van der Waals surface area contributed by atoms with Gasteiger partial charge in [-0.15, -0.1) is 0 Å². The van der Waals surface area contributed by atoms with Crippen molar-refractivity contribution in [2.45, 2.75) is 96.8 Å². The molecule has 3 aromatic carbocycles. The van der Waals surface area contributed by atoms with Crippen LogP contribution in [-0.2, 0) is 0 Å². The SMILES string of the molecule is CCCCCCCCCCCCCCCCOc1ccc(C(=O)Oc2ccc(N=Nc3cccc(F)c3)cc2Cl)cc1. The van der Waals surface area contributed by atoms with Crippen LogP contribution < -0.4 is 9.47 Å². The number of ether oxygens (including phenoxy) is 2. The summed E-state index contributed by atoms with van der Waals surface area (Å²) in [5, 5.41) is 8.27. The van der Waals surface area contributed by atoms with Gasteiger partial charge in [-0.3, -0.25) is 0 Å². The van der Waals surface area contributed by atoms with Crippen molar-refractivity contribution in [1.82, 2.24) is 0 Å². The molecular weight excluding hydrogens is 551 g/mol. The maximum atomic E-state index is 13.3. The summed E-state index contributed by atoms with van der Waals surface area (Å²) >= 11 is 6.29. The standard InChI is InChI=1S/C35H44ClFN2O3/c1-2-3-4-5-6-7-8-9-10-11-12-13-14-15-25-41-32-22-19-28(20-23-32)35(40)42-34-24-21-31(27-33(34)36)39-38-30-18-16-17-29(37)26-30/h16-24,26-27H,2-15,25H2,1H3. The first kappa shape index (κ1) is 33.3. The fraction of sp³-hybridized carbons (Fsp3) is 0.457. The number of hydrogen-bond donors (Lipinski definition) is 0. The second-order valence-electron chi connectivity index (χ2n) is 10.7. The monoisotopic (exact) mass is 594 g/mol. The molecule has 0 heterocycles. The number of halogens is 2. The summed E-state index contributed by atoms with van der Waals surface area (Å²) < 4.78 is 24.6. The number of hydrogen-bond acceptors (Lipinski definition) is 5. The molecule has 0 saturated carbocycles. The summed E-state index contributed by atoms with van der Waals surface area (Å²) in [6, 6.07) is 17.4. The average molecular weight is 595 g/mol. The van der Waals surface area contributed by atoms with Crippen molar-refractivity contribution in [2.75, 3.05) is 6.61 Å². The Balaban J connectivity index is 1.27. The largest absolute Gasteiger partial charge is 0.494 e. The van der Waals surface area contributed by atoms with Crippen LogP contribution in [0.3, 0.4) is 0 Å². The number of benzene rings is 3. The highest BCUT2D eigenvalue weighted by Crippen LogP contribution is 2.31. The van der Waals surface area contributed by atoms with Crippen molar-refractivity contribution in [3.8, 4) is 11.5 Å². The van der Waals surface area contributed by atoms with Crippen LogP contribution in [-0.4, -0.2) is 12.6 Å². The highest BCUT2D eigenvalue weighted by molar-refractivity contribution is 6.32. The molecule has 0 unspecified atom stereocenters. The molecule has 226 valence electrons. The Morgan fingerprint density at radius 2 is 1.29 bits per heavy atom. The van der Waals surface area contributed by atoms with E-state index in [2.05, 4.69) is 17.2 Å². The number of azo groups is 1. The van der Waals surface area contributed by atoms with Crippen LogP contribution in [0.15, 0.2) is 77.0 Å². The summed E-state index contributed by atoms with van der Waals surface area (Å²) in [4.78, 5) is 12.6. The van der Waals surface area contributed by atoms with Crippen LogP contribution in [0.25, 0.3) is 0 Å². The van der Waals surface area contributed by atoms with Gasteiger partial charge in [0.1, 0.15) is 17.3 Å². The minimum Gasteiger partial charge on any atom is -0.494 e. The quantitative estimate of drug-likeness (QED) is 0.0565. The lowest BCUT2D eigenvalue weighted by molar-refractivity contribution is 0.0735. The Bertz CT molecular complexity index is 1230. The maximum absolute atomic E-state index is 13.3. The van der Waals surface area contributed by atoms with Crippen molar-refractivity contribution >= 4 is 28.9 Å². The third kappa shape index (κ3) is 13.2. The molecule has 0 amide bonds. The van der Waals surface area contributed by atoms with E-state index in [1.54, 1.807) is 48.5 Å². The van der Waals surface area contributed by atoms with Crippen molar-refractivity contribution in [3.63, 3.8) is 0 Å². The van der Waals surface area contributed by atoms with Gasteiger partial charge >= 0.3 is 5.97 Å². The van der Waals surface area contributed by atoms with E-state index in [9.17, 15) is 9.18 Å². The van der Waals surface area contributed by atoms with Crippen LogP contribution in [0.5, 0.6) is 11.5 Å². The summed E-state index contributed by atoms with van der Waals surface area (Å²) in [6.07, 6.45) is 18.6. The van der Waals surface area contributed by atoms with Gasteiger partial charge < -0.3 is 9.47 Å². The Hall–Kier alpha value is -3.25. The molecular formula is C35H44ClFN2O3. The average Bonchev–Trinajstić information content (AvgIpc) is 2.99. The molecule has 0 saturated heterocycles. The predicted molar refractivity (Wildman–Crippen MR) is 169 cm³/mol. The van der Waals surface area contributed by atoms with E-state index in [0.29, 0.717) is 23.5 Å². The van der Waals surface area contributed by atoms with Crippen LogP contribution in [0.2, 0.25) is 5.02 Å². The van der Waals surface area contributed by atoms with Gasteiger partial charge in [-0.25, -0.2) is 9.18 Å². The van der Waals surface area contributed by atoms with Crippen LogP contribution in [0, 0.1) is 5.82 Å². The number of unbranched alkanes of at least 4 members (excludes halogenated alkanes) is 13. The Kier molecular flexibility index (Phi) is 15.7. The first-order valence-electron chi connectivity index (χ1n) is 15.5. The highest BCUT2D eigenvalue weighted by Gasteiger charge is 2.12. The van der Waals surface area contributed by atoms with E-state index >= 15 is 0 Å². The van der Waals surface area contributed by atoms with E-state index in [-0.39, 0.29) is 10.8 Å². The molecule has 0 N–H and O–H groups in total. The number of carbonyl (C=O) groups is 1. The third-order valence-electron chi connectivity index (χ3n) is 7.06. The second kappa shape index (κ2) is 19.8. The van der Waals surface area contributed by atoms with E-state index in [4.69, 9.17) is 21.1 Å². The molecule has 0 atom stereocenters. The van der Waals surface area contributed by atoms with Gasteiger partial charge in [-0.2, -0.15) is 10.2 Å². The van der Waals surface area contributed by atoms with Gasteiger partial charge in [0.25, 0.3) is 0 Å². The first-order chi connectivity index (χ1) is 20.5. The predicted octanol–water partition coefficient (Wildman–Crippen LogP) is 12.0. The molecule has 3 rings (SSSR count). The molecule has 5 nitrogen and oxygen atoms in total. The molecule has 0 aliphatic rings. The highest BCUT2D eigenvalue weighted by atomic mass is 35.5. The van der Waals surface area contributed by atoms with Crippen molar-refractivity contribution < 1.29 is 18.7 Å². The van der Waals surface area contributed by atoms with Gasteiger partial charge in [0, 0.05) is 6.07 Å². The molecule has 7 heteroatoms. The molecule has 0 aliphatic carbocycles. The van der Waals surface area contributed by atoms with E-state index < -0.39 is 11.8 Å². The maximum Gasteiger partial charge on any atom is 0.343 e. The molecule has 0 aromatic heterocycles. The molecule has 0 spiro atoms. The number of esters is 1. The van der Waals surface area contributed by atoms with Crippen molar-refractivity contribution in [2.24, 2.45) is 10.2 Å². The molecule has 0 aliphatic heterocycles. The summed E-state index contributed by atoms with van der Waals surface area (Å²) in [7, 11) is 0. The lowest BCUT2D eigenvalue weighted by Crippen LogP contribution is -2.08. The topological polar surface area (TPSA) is 60.2 Å². The van der Waals surface area contributed by atoms with Crippen LogP contribution in [0.1, 0.15) is 107 Å². The lowest BCUT2D eigenvalue weighted by Gasteiger charge is -2.09. The van der Waals surface area contributed by atoms with Gasteiger partial charge in [-0.1, -0.05) is 108 Å². The Morgan fingerprint density at radius 3 is 1.86 bits per heavy atom. The molecule has 0 fully saturated rings. The van der Waals surface area contributed by atoms with E-state index in [1.165, 1.54) is 102 Å². The van der Waals surface area contributed by atoms with Crippen LogP contribution in [0.4, 0.5) is 15.8 Å². The van der Waals surface area contributed by atoms with E-state index in [0.717, 1.165) is 12.2 Å². The molecule has 0 bridgehead atoms. The van der Waals surface area contributed by atoms with Gasteiger partial charge in [0.05, 0.1) is 28.6 Å². The van der Waals surface area contributed by atoms with Crippen molar-refractivity contribution in [1.29, 1.82) is 0 Å². The fourth-order valence-electron chi connectivity index (χ4n) is 4.62. The van der Waals surface area contributed by atoms with Crippen molar-refractivity contribution in [3.05, 3.63) is 83.1 Å². The zero-order chi connectivity index (χ0) is 29.8. The normalized spacial score (nSPS) is 11.2. The number of carbonyl (C=O) groups excluding carboxylic acids is 1. The molecule has 3 aromatic rings. The number of rotatable bonds is 20. The van der Waals surface area contributed by atoms with Gasteiger partial charge in [-0.05, 0) is 61.0 Å². The zero-order valence-corrected chi connectivity index (χ0v) is 25.6. The van der Waals surface area contributed by atoms with E-state index in [1.807, 2.05) is 0 Å². The van der Waals surface area contributed by atoms with Gasteiger partial charge in [0.15, 0.2) is 0 Å². The minimum absolute atomic E-state index is 0.213. The Morgan fingerprint density at radius 1 is 0.714 bits per heavy atom. The van der Waals surface area contributed by atoms with Gasteiger partial charge in [0.2, 0.25) is 0 Å². The number of nitrogens with zero attached hydrogens (tertiary/aromatic N) is 2. The third-order valence-corrected chi connectivity index (χ3v) is 7.36. The molecule has 42 heavy (non-hydrogen) atoms. The van der Waals surface area contributed by atoms with Crippen LogP contribution >= 0.6 is 11.6 Å². The first-order valence-corrected chi connectivity index (χ1v) is 15.8. The summed E-state index contributed by atoms with van der Waals surface area (Å²) in [6.45, 7) is 2.94. The smallest absolute Gasteiger partial charge is 0.343 e. The summed E-state index contributed by atoms with van der Waals surface area (Å²) in [5.74, 6) is 0.0257. The fourth-order valence-corrected chi connectivity index (χ4v) is 4.83.